The summed E-state index contributed by atoms with van der Waals surface area (Å²) in [6.45, 7) is 0.314. The minimum atomic E-state index is -4.87. The first-order valence-corrected chi connectivity index (χ1v) is 8.22. The summed E-state index contributed by atoms with van der Waals surface area (Å²) in [4.78, 5) is -0.527. The molecule has 4 nitrogen and oxygen atoms in total. The van der Waals surface area contributed by atoms with Crippen LogP contribution in [0.3, 0.4) is 0 Å². The Bertz CT molecular complexity index is 646. The van der Waals surface area contributed by atoms with Crippen LogP contribution in [0, 0.1) is 11.7 Å². The molecule has 0 saturated heterocycles. The van der Waals surface area contributed by atoms with Gasteiger partial charge in [-0.05, 0) is 43.5 Å². The van der Waals surface area contributed by atoms with Crippen LogP contribution < -0.4 is 10.5 Å². The fourth-order valence-electron chi connectivity index (χ4n) is 2.63. The van der Waals surface area contributed by atoms with E-state index in [1.54, 1.807) is 0 Å². The third-order valence-electron chi connectivity index (χ3n) is 3.82. The lowest BCUT2D eigenvalue weighted by molar-refractivity contribution is -0.140. The second-order valence-corrected chi connectivity index (χ2v) is 7.01. The van der Waals surface area contributed by atoms with E-state index in [0.29, 0.717) is 25.1 Å². The number of rotatable bonds is 4. The molecule has 1 aliphatic carbocycles. The number of benzene rings is 1. The van der Waals surface area contributed by atoms with Crippen molar-refractivity contribution in [2.75, 3.05) is 6.54 Å². The highest BCUT2D eigenvalue weighted by Gasteiger charge is 2.35. The molecule has 2 rings (SSSR count). The molecule has 0 bridgehead atoms. The largest absolute Gasteiger partial charge is 0.419 e. The fraction of sp³-hybridized carbons (Fsp3) is 0.538. The molecule has 1 aromatic carbocycles. The van der Waals surface area contributed by atoms with Crippen LogP contribution in [-0.2, 0) is 16.2 Å². The van der Waals surface area contributed by atoms with E-state index in [1.807, 2.05) is 0 Å². The van der Waals surface area contributed by atoms with Crippen molar-refractivity contribution in [1.82, 2.24) is 4.72 Å². The van der Waals surface area contributed by atoms with Crippen LogP contribution in [0.2, 0.25) is 0 Å². The number of sulfonamides is 1. The maximum Gasteiger partial charge on any atom is 0.419 e. The summed E-state index contributed by atoms with van der Waals surface area (Å²) in [7, 11) is -4.08. The van der Waals surface area contributed by atoms with Crippen molar-refractivity contribution in [2.45, 2.75) is 36.4 Å². The van der Waals surface area contributed by atoms with Gasteiger partial charge in [-0.1, -0.05) is 6.42 Å². The normalized spacial score (nSPS) is 23.0. The Balaban J connectivity index is 2.25. The maximum atomic E-state index is 13.5. The van der Waals surface area contributed by atoms with E-state index < -0.39 is 32.5 Å². The SMILES string of the molecule is NCC1CCCC1NS(=O)(=O)c1ccc(C(F)(F)F)c(F)c1. The number of nitrogens with two attached hydrogens (primary N) is 1. The topological polar surface area (TPSA) is 72.2 Å². The second-order valence-electron chi connectivity index (χ2n) is 5.29. The molecule has 9 heteroatoms. The Kier molecular flexibility index (Phi) is 4.78. The first-order valence-electron chi connectivity index (χ1n) is 6.74. The molecule has 0 radical (unpaired) electrons. The lowest BCUT2D eigenvalue weighted by atomic mass is 10.1. The van der Waals surface area contributed by atoms with Crippen molar-refractivity contribution >= 4 is 10.0 Å². The molecule has 3 N–H and O–H groups in total. The standard InChI is InChI=1S/C13H16F4N2O2S/c14-11-6-9(4-5-10(11)13(15,16)17)22(20,21)19-12-3-1-2-8(12)7-18/h4-6,8,12,19H,1-3,7,18H2. The highest BCUT2D eigenvalue weighted by molar-refractivity contribution is 7.89. The minimum absolute atomic E-state index is 0.0194. The van der Waals surface area contributed by atoms with E-state index in [1.165, 1.54) is 0 Å². The molecule has 0 aliphatic heterocycles. The molecular weight excluding hydrogens is 324 g/mol. The fourth-order valence-corrected chi connectivity index (χ4v) is 3.99. The predicted octanol–water partition coefficient (Wildman–Crippen LogP) is 2.25. The van der Waals surface area contributed by atoms with Gasteiger partial charge >= 0.3 is 6.18 Å². The summed E-state index contributed by atoms with van der Waals surface area (Å²) < 4.78 is 77.7. The van der Waals surface area contributed by atoms with Gasteiger partial charge in [-0.15, -0.1) is 0 Å². The molecule has 1 aromatic rings. The van der Waals surface area contributed by atoms with Crippen molar-refractivity contribution in [3.05, 3.63) is 29.6 Å². The van der Waals surface area contributed by atoms with Gasteiger partial charge in [0.2, 0.25) is 10.0 Å². The van der Waals surface area contributed by atoms with Gasteiger partial charge < -0.3 is 5.73 Å². The summed E-state index contributed by atoms with van der Waals surface area (Å²) in [5.74, 6) is -1.63. The van der Waals surface area contributed by atoms with Gasteiger partial charge in [0.15, 0.2) is 0 Å². The Morgan fingerprint density at radius 3 is 2.50 bits per heavy atom. The number of alkyl halides is 3. The van der Waals surface area contributed by atoms with Crippen LogP contribution in [-0.4, -0.2) is 21.0 Å². The lowest BCUT2D eigenvalue weighted by Gasteiger charge is -2.19. The van der Waals surface area contributed by atoms with Crippen molar-refractivity contribution in [3.8, 4) is 0 Å². The Labute approximate surface area is 125 Å². The maximum absolute atomic E-state index is 13.5. The van der Waals surface area contributed by atoms with Crippen LogP contribution in [0.1, 0.15) is 24.8 Å². The van der Waals surface area contributed by atoms with Crippen molar-refractivity contribution < 1.29 is 26.0 Å². The molecule has 2 atom stereocenters. The summed E-state index contributed by atoms with van der Waals surface area (Å²) in [5.41, 5.74) is 4.06. The zero-order valence-electron chi connectivity index (χ0n) is 11.5. The van der Waals surface area contributed by atoms with Crippen LogP contribution in [0.25, 0.3) is 0 Å². The smallest absolute Gasteiger partial charge is 0.330 e. The summed E-state index contributed by atoms with van der Waals surface area (Å²) in [5, 5.41) is 0. The molecule has 22 heavy (non-hydrogen) atoms. The summed E-state index contributed by atoms with van der Waals surface area (Å²) in [6.07, 6.45) is -2.67. The first kappa shape index (κ1) is 17.2. The van der Waals surface area contributed by atoms with Gasteiger partial charge in [-0.2, -0.15) is 13.2 Å². The Morgan fingerprint density at radius 2 is 1.95 bits per heavy atom. The van der Waals surface area contributed by atoms with Crippen molar-refractivity contribution in [2.24, 2.45) is 11.7 Å². The monoisotopic (exact) mass is 340 g/mol. The molecule has 1 fully saturated rings. The average molecular weight is 340 g/mol. The highest BCUT2D eigenvalue weighted by atomic mass is 32.2. The van der Waals surface area contributed by atoms with Crippen molar-refractivity contribution in [1.29, 1.82) is 0 Å². The molecule has 124 valence electrons. The quantitative estimate of drug-likeness (QED) is 0.826. The van der Waals surface area contributed by atoms with E-state index in [4.69, 9.17) is 5.73 Å². The highest BCUT2D eigenvalue weighted by Crippen LogP contribution is 2.32. The molecular formula is C13H16F4N2O2S. The summed E-state index contributed by atoms with van der Waals surface area (Å²) in [6, 6.07) is 1.19. The zero-order valence-corrected chi connectivity index (χ0v) is 12.3. The number of halogens is 4. The number of nitrogens with one attached hydrogen (secondary N) is 1. The second kappa shape index (κ2) is 6.13. The van der Waals surface area contributed by atoms with Gasteiger partial charge in [-0.25, -0.2) is 17.5 Å². The molecule has 0 aromatic heterocycles. The van der Waals surface area contributed by atoms with Crippen LogP contribution in [0.4, 0.5) is 17.6 Å². The van der Waals surface area contributed by atoms with Crippen LogP contribution >= 0.6 is 0 Å². The molecule has 2 unspecified atom stereocenters. The third kappa shape index (κ3) is 3.58. The van der Waals surface area contributed by atoms with Crippen molar-refractivity contribution in [3.63, 3.8) is 0 Å². The van der Waals surface area contributed by atoms with Gasteiger partial charge in [-0.3, -0.25) is 0 Å². The van der Waals surface area contributed by atoms with Gasteiger partial charge in [0.25, 0.3) is 0 Å². The van der Waals surface area contributed by atoms with E-state index >= 15 is 0 Å². The molecule has 0 heterocycles. The third-order valence-corrected chi connectivity index (χ3v) is 5.31. The lowest BCUT2D eigenvalue weighted by Crippen LogP contribution is -2.39. The van der Waals surface area contributed by atoms with Gasteiger partial charge in [0, 0.05) is 6.04 Å². The number of hydrogen-bond acceptors (Lipinski definition) is 3. The first-order chi connectivity index (χ1) is 10.1. The zero-order chi connectivity index (χ0) is 16.5. The number of hydrogen-bond donors (Lipinski definition) is 2. The van der Waals surface area contributed by atoms with E-state index in [-0.39, 0.29) is 12.0 Å². The Morgan fingerprint density at radius 1 is 1.27 bits per heavy atom. The van der Waals surface area contributed by atoms with Gasteiger partial charge in [0.1, 0.15) is 5.82 Å². The van der Waals surface area contributed by atoms with Gasteiger partial charge in [0.05, 0.1) is 10.5 Å². The van der Waals surface area contributed by atoms with E-state index in [9.17, 15) is 26.0 Å². The van der Waals surface area contributed by atoms with E-state index in [0.717, 1.165) is 18.9 Å². The summed E-state index contributed by atoms with van der Waals surface area (Å²) >= 11 is 0. The Hall–Kier alpha value is -1.19. The average Bonchev–Trinajstić information content (AvgIpc) is 2.83. The predicted molar refractivity (Wildman–Crippen MR) is 71.9 cm³/mol. The van der Waals surface area contributed by atoms with E-state index in [2.05, 4.69) is 4.72 Å². The molecule has 0 spiro atoms. The molecule has 1 saturated carbocycles. The van der Waals surface area contributed by atoms with Crippen LogP contribution in [0.15, 0.2) is 23.1 Å². The molecule has 0 amide bonds. The van der Waals surface area contributed by atoms with Crippen LogP contribution in [0.5, 0.6) is 0 Å². The molecule has 1 aliphatic rings. The minimum Gasteiger partial charge on any atom is -0.330 e.